The molecule has 1 aliphatic heterocycles. The maximum Gasteiger partial charge on any atom is 0.230 e. The molecule has 0 spiro atoms. The van der Waals surface area contributed by atoms with Crippen LogP contribution in [-0.2, 0) is 17.6 Å². The summed E-state index contributed by atoms with van der Waals surface area (Å²) in [6, 6.07) is 7.82. The van der Waals surface area contributed by atoms with E-state index in [2.05, 4.69) is 43.8 Å². The minimum Gasteiger partial charge on any atom is -0.424 e. The summed E-state index contributed by atoms with van der Waals surface area (Å²) >= 11 is 1.59. The summed E-state index contributed by atoms with van der Waals surface area (Å²) in [5.41, 5.74) is 2.15. The molecule has 3 aromatic rings. The third-order valence-electron chi connectivity index (χ3n) is 5.03. The van der Waals surface area contributed by atoms with Crippen molar-refractivity contribution in [3.63, 3.8) is 0 Å². The van der Waals surface area contributed by atoms with E-state index >= 15 is 0 Å². The molecule has 2 atom stereocenters. The molecular formula is C21H23N7O2S. The Morgan fingerprint density at radius 3 is 2.90 bits per heavy atom. The van der Waals surface area contributed by atoms with Crippen molar-refractivity contribution in [3.05, 3.63) is 40.6 Å². The van der Waals surface area contributed by atoms with Gasteiger partial charge in [0.15, 0.2) is 0 Å². The molecule has 0 bridgehead atoms. The number of carbonyl (C=O) groups excluding carboxylic acids is 1. The van der Waals surface area contributed by atoms with Gasteiger partial charge in [0.05, 0.1) is 22.7 Å². The number of hydrogen-bond donors (Lipinski definition) is 1. The van der Waals surface area contributed by atoms with Crippen LogP contribution in [0, 0.1) is 17.2 Å². The number of amides is 1. The van der Waals surface area contributed by atoms with Crippen LogP contribution in [0.4, 0.5) is 0 Å². The van der Waals surface area contributed by atoms with E-state index in [-0.39, 0.29) is 24.1 Å². The highest BCUT2D eigenvalue weighted by atomic mass is 32.1. The second kappa shape index (κ2) is 8.81. The van der Waals surface area contributed by atoms with Crippen LogP contribution >= 0.6 is 11.3 Å². The molecule has 1 amide bonds. The first-order chi connectivity index (χ1) is 14.9. The Balaban J connectivity index is 1.40. The Morgan fingerprint density at radius 2 is 2.19 bits per heavy atom. The Morgan fingerprint density at radius 1 is 1.39 bits per heavy atom. The van der Waals surface area contributed by atoms with E-state index in [9.17, 15) is 4.79 Å². The van der Waals surface area contributed by atoms with Crippen LogP contribution in [0.15, 0.2) is 27.7 Å². The van der Waals surface area contributed by atoms with Gasteiger partial charge in [-0.25, -0.2) is 4.98 Å². The number of hydrogen-bond acceptors (Lipinski definition) is 9. The van der Waals surface area contributed by atoms with E-state index < -0.39 is 6.04 Å². The van der Waals surface area contributed by atoms with E-state index in [1.165, 1.54) is 5.56 Å². The van der Waals surface area contributed by atoms with E-state index in [1.54, 1.807) is 11.3 Å². The zero-order chi connectivity index (χ0) is 22.0. The topological polar surface area (TPSA) is 120 Å². The average molecular weight is 438 g/mol. The molecule has 160 valence electrons. The fourth-order valence-electron chi connectivity index (χ4n) is 3.33. The van der Waals surface area contributed by atoms with Gasteiger partial charge in [0.1, 0.15) is 17.5 Å². The minimum absolute atomic E-state index is 0.0219. The number of rotatable bonds is 7. The maximum atomic E-state index is 12.1. The number of nitrogens with one attached hydrogen (secondary N) is 1. The van der Waals surface area contributed by atoms with Crippen LogP contribution in [0.5, 0.6) is 0 Å². The number of hydrazone groups is 1. The molecule has 1 aromatic carbocycles. The summed E-state index contributed by atoms with van der Waals surface area (Å²) in [5, 5.41) is 26.9. The molecule has 3 heterocycles. The number of nitriles is 1. The molecule has 10 heteroatoms. The van der Waals surface area contributed by atoms with Gasteiger partial charge in [-0.05, 0) is 23.6 Å². The molecule has 0 aliphatic carbocycles. The highest BCUT2D eigenvalue weighted by Gasteiger charge is 2.20. The summed E-state index contributed by atoms with van der Waals surface area (Å²) in [5.74, 6) is 0.631. The van der Waals surface area contributed by atoms with Gasteiger partial charge in [0.25, 0.3) is 0 Å². The summed E-state index contributed by atoms with van der Waals surface area (Å²) < 4.78 is 6.73. The molecule has 2 aromatic heterocycles. The van der Waals surface area contributed by atoms with Crippen molar-refractivity contribution in [2.75, 3.05) is 13.6 Å². The van der Waals surface area contributed by atoms with Crippen LogP contribution in [-0.4, -0.2) is 51.9 Å². The van der Waals surface area contributed by atoms with Crippen molar-refractivity contribution in [1.29, 1.82) is 5.26 Å². The SMILES string of the molecule is CC(C)C(C#N)NC(=O)Cc1nnc(Cc2nc3ccc(C4C=NN(C)C4)cc3s2)o1. The second-order valence-corrected chi connectivity index (χ2v) is 9.02. The number of aromatic nitrogens is 3. The van der Waals surface area contributed by atoms with Crippen molar-refractivity contribution in [1.82, 2.24) is 25.5 Å². The van der Waals surface area contributed by atoms with E-state index in [0.29, 0.717) is 18.2 Å². The fourth-order valence-corrected chi connectivity index (χ4v) is 4.34. The first kappa shape index (κ1) is 20.9. The normalized spacial score (nSPS) is 16.7. The number of carbonyl (C=O) groups is 1. The Kier molecular flexibility index (Phi) is 5.95. The van der Waals surface area contributed by atoms with Gasteiger partial charge in [-0.15, -0.1) is 21.5 Å². The predicted molar refractivity (Wildman–Crippen MR) is 117 cm³/mol. The highest BCUT2D eigenvalue weighted by Crippen LogP contribution is 2.28. The lowest BCUT2D eigenvalue weighted by Gasteiger charge is -2.13. The van der Waals surface area contributed by atoms with Gasteiger partial charge < -0.3 is 9.73 Å². The highest BCUT2D eigenvalue weighted by molar-refractivity contribution is 7.18. The third-order valence-corrected chi connectivity index (χ3v) is 6.05. The monoisotopic (exact) mass is 437 g/mol. The van der Waals surface area contributed by atoms with Crippen molar-refractivity contribution < 1.29 is 9.21 Å². The maximum absolute atomic E-state index is 12.1. The largest absolute Gasteiger partial charge is 0.424 e. The van der Waals surface area contributed by atoms with Crippen LogP contribution in [0.25, 0.3) is 10.2 Å². The van der Waals surface area contributed by atoms with Crippen molar-refractivity contribution >= 4 is 33.7 Å². The molecule has 0 radical (unpaired) electrons. The first-order valence-electron chi connectivity index (χ1n) is 10.1. The van der Waals surface area contributed by atoms with Crippen molar-refractivity contribution in [2.45, 2.75) is 38.6 Å². The van der Waals surface area contributed by atoms with E-state index in [1.807, 2.05) is 38.2 Å². The zero-order valence-corrected chi connectivity index (χ0v) is 18.4. The Labute approximate surface area is 183 Å². The van der Waals surface area contributed by atoms with Crippen LogP contribution < -0.4 is 5.32 Å². The molecule has 0 fully saturated rings. The van der Waals surface area contributed by atoms with E-state index in [4.69, 9.17) is 9.68 Å². The molecule has 4 rings (SSSR count). The van der Waals surface area contributed by atoms with Gasteiger partial charge in [-0.1, -0.05) is 19.9 Å². The summed E-state index contributed by atoms with van der Waals surface area (Å²) in [7, 11) is 1.97. The number of likely N-dealkylation sites (N-methyl/N-ethyl adjacent to an activating group) is 1. The van der Waals surface area contributed by atoms with Gasteiger partial charge in [-0.3, -0.25) is 9.80 Å². The Hall–Kier alpha value is -3.32. The van der Waals surface area contributed by atoms with Crippen LogP contribution in [0.2, 0.25) is 0 Å². The van der Waals surface area contributed by atoms with Gasteiger partial charge in [0.2, 0.25) is 17.7 Å². The first-order valence-corrected chi connectivity index (χ1v) is 10.9. The number of thiazole rings is 1. The lowest BCUT2D eigenvalue weighted by Crippen LogP contribution is -2.38. The molecule has 1 aliphatic rings. The molecule has 9 nitrogen and oxygen atoms in total. The number of fused-ring (bicyclic) bond motifs is 1. The predicted octanol–water partition coefficient (Wildman–Crippen LogP) is 2.49. The Bertz CT molecular complexity index is 1160. The zero-order valence-electron chi connectivity index (χ0n) is 17.6. The lowest BCUT2D eigenvalue weighted by molar-refractivity contribution is -0.121. The number of benzene rings is 1. The fraction of sp³-hybridized carbons (Fsp3) is 0.429. The van der Waals surface area contributed by atoms with Crippen molar-refractivity contribution in [3.8, 4) is 6.07 Å². The summed E-state index contributed by atoms with van der Waals surface area (Å²) in [6.07, 6.45) is 2.32. The molecule has 1 N–H and O–H groups in total. The third kappa shape index (κ3) is 4.88. The van der Waals surface area contributed by atoms with Crippen LogP contribution in [0.1, 0.15) is 42.1 Å². The van der Waals surface area contributed by atoms with Gasteiger partial charge >= 0.3 is 0 Å². The van der Waals surface area contributed by atoms with E-state index in [0.717, 1.165) is 21.8 Å². The van der Waals surface area contributed by atoms with Crippen LogP contribution in [0.3, 0.4) is 0 Å². The smallest absolute Gasteiger partial charge is 0.230 e. The molecule has 2 unspecified atom stereocenters. The standard InChI is InChI=1S/C21H23N7O2S/c1-12(2)16(9-22)24-18(29)7-19-26-27-20(30-19)8-21-25-15-5-4-13(6-17(15)31-21)14-10-23-28(3)11-14/h4-6,10,12,14,16H,7-8,11H2,1-3H3,(H,24,29). The molecular weight excluding hydrogens is 414 g/mol. The quantitative estimate of drug-likeness (QED) is 0.603. The van der Waals surface area contributed by atoms with Crippen molar-refractivity contribution in [2.24, 2.45) is 11.0 Å². The van der Waals surface area contributed by atoms with Gasteiger partial charge in [-0.2, -0.15) is 10.4 Å². The summed E-state index contributed by atoms with van der Waals surface area (Å²) in [6.45, 7) is 4.63. The van der Waals surface area contributed by atoms with Gasteiger partial charge in [0, 0.05) is 25.7 Å². The number of nitrogens with zero attached hydrogens (tertiary/aromatic N) is 6. The second-order valence-electron chi connectivity index (χ2n) is 7.91. The minimum atomic E-state index is -0.543. The lowest BCUT2D eigenvalue weighted by atomic mass is 10.0. The molecule has 31 heavy (non-hydrogen) atoms. The summed E-state index contributed by atoms with van der Waals surface area (Å²) in [4.78, 5) is 16.8. The molecule has 0 saturated carbocycles. The average Bonchev–Trinajstić information content (AvgIpc) is 3.45. The molecule has 0 saturated heterocycles.